The SMILES string of the molecule is COc1ccc(CN(C(=O)/C=C/c2ccc(NS(C)(=O)=O)cc2)C2CC2)cc1. The number of benzene rings is 2. The lowest BCUT2D eigenvalue weighted by atomic mass is 10.1. The van der Waals surface area contributed by atoms with Crippen molar-refractivity contribution in [2.24, 2.45) is 0 Å². The molecule has 2 aromatic carbocycles. The van der Waals surface area contributed by atoms with Gasteiger partial charge in [0.25, 0.3) is 0 Å². The monoisotopic (exact) mass is 400 g/mol. The molecule has 0 bridgehead atoms. The van der Waals surface area contributed by atoms with E-state index in [1.54, 1.807) is 43.5 Å². The van der Waals surface area contributed by atoms with Crippen molar-refractivity contribution in [2.75, 3.05) is 18.1 Å². The quantitative estimate of drug-likeness (QED) is 0.690. The molecule has 6 nitrogen and oxygen atoms in total. The zero-order chi connectivity index (χ0) is 20.1. The third-order valence-electron chi connectivity index (χ3n) is 4.41. The molecule has 1 aliphatic carbocycles. The van der Waals surface area contributed by atoms with Gasteiger partial charge in [-0.15, -0.1) is 0 Å². The Balaban J connectivity index is 1.65. The fourth-order valence-electron chi connectivity index (χ4n) is 2.84. The summed E-state index contributed by atoms with van der Waals surface area (Å²) in [7, 11) is -1.67. The van der Waals surface area contributed by atoms with E-state index in [9.17, 15) is 13.2 Å². The molecule has 0 atom stereocenters. The summed E-state index contributed by atoms with van der Waals surface area (Å²) in [6, 6.07) is 14.9. The Labute approximate surface area is 165 Å². The summed E-state index contributed by atoms with van der Waals surface area (Å²) in [5.41, 5.74) is 2.38. The second-order valence-corrected chi connectivity index (χ2v) is 8.62. The molecule has 0 unspecified atom stereocenters. The second-order valence-electron chi connectivity index (χ2n) is 6.87. The predicted octanol–water partition coefficient (Wildman–Crippen LogP) is 3.27. The molecule has 28 heavy (non-hydrogen) atoms. The zero-order valence-corrected chi connectivity index (χ0v) is 16.8. The third-order valence-corrected chi connectivity index (χ3v) is 5.02. The molecule has 1 fully saturated rings. The highest BCUT2D eigenvalue weighted by Crippen LogP contribution is 2.29. The molecule has 0 heterocycles. The van der Waals surface area contributed by atoms with Crippen molar-refractivity contribution in [2.45, 2.75) is 25.4 Å². The van der Waals surface area contributed by atoms with Crippen LogP contribution in [0.4, 0.5) is 5.69 Å². The Morgan fingerprint density at radius 2 is 1.79 bits per heavy atom. The molecule has 3 rings (SSSR count). The lowest BCUT2D eigenvalue weighted by Crippen LogP contribution is -2.31. The molecule has 1 saturated carbocycles. The highest BCUT2D eigenvalue weighted by molar-refractivity contribution is 7.92. The van der Waals surface area contributed by atoms with E-state index < -0.39 is 10.0 Å². The number of carbonyl (C=O) groups is 1. The van der Waals surface area contributed by atoms with Crippen molar-refractivity contribution >= 4 is 27.7 Å². The van der Waals surface area contributed by atoms with Gasteiger partial charge in [-0.1, -0.05) is 24.3 Å². The van der Waals surface area contributed by atoms with E-state index in [0.717, 1.165) is 36.0 Å². The van der Waals surface area contributed by atoms with Gasteiger partial charge < -0.3 is 9.64 Å². The maximum Gasteiger partial charge on any atom is 0.247 e. The summed E-state index contributed by atoms with van der Waals surface area (Å²) in [6.07, 6.45) is 6.48. The molecule has 0 saturated heterocycles. The topological polar surface area (TPSA) is 75.7 Å². The first-order valence-corrected chi connectivity index (χ1v) is 10.9. The molecule has 1 aliphatic rings. The standard InChI is InChI=1S/C21H24N2O4S/c1-27-20-12-5-17(6-13-20)15-23(19-10-11-19)21(24)14-7-16-3-8-18(9-4-16)22-28(2,25)26/h3-9,12-14,19,22H,10-11,15H2,1-2H3/b14-7+. The van der Waals surface area contributed by atoms with Crippen molar-refractivity contribution in [3.05, 3.63) is 65.7 Å². The number of sulfonamides is 1. The number of hydrogen-bond acceptors (Lipinski definition) is 4. The average Bonchev–Trinajstić information content (AvgIpc) is 3.49. The highest BCUT2D eigenvalue weighted by atomic mass is 32.2. The number of anilines is 1. The number of carbonyl (C=O) groups excluding carboxylic acids is 1. The molecule has 1 amide bonds. The van der Waals surface area contributed by atoms with Crippen LogP contribution in [0, 0.1) is 0 Å². The number of rotatable bonds is 8. The van der Waals surface area contributed by atoms with Crippen molar-refractivity contribution in [1.29, 1.82) is 0 Å². The summed E-state index contributed by atoms with van der Waals surface area (Å²) < 4.78 is 30.1. The van der Waals surface area contributed by atoms with Crippen molar-refractivity contribution in [3.8, 4) is 5.75 Å². The Hall–Kier alpha value is -2.80. The van der Waals surface area contributed by atoms with Gasteiger partial charge in [-0.3, -0.25) is 9.52 Å². The van der Waals surface area contributed by atoms with Crippen LogP contribution in [-0.4, -0.2) is 38.6 Å². The summed E-state index contributed by atoms with van der Waals surface area (Å²) >= 11 is 0. The molecular weight excluding hydrogens is 376 g/mol. The van der Waals surface area contributed by atoms with Crippen LogP contribution in [0.1, 0.15) is 24.0 Å². The maximum absolute atomic E-state index is 12.7. The van der Waals surface area contributed by atoms with Crippen LogP contribution in [-0.2, 0) is 21.4 Å². The Kier molecular flexibility index (Phi) is 6.04. The van der Waals surface area contributed by atoms with Crippen LogP contribution in [0.15, 0.2) is 54.6 Å². The van der Waals surface area contributed by atoms with Gasteiger partial charge in [0.05, 0.1) is 13.4 Å². The smallest absolute Gasteiger partial charge is 0.247 e. The van der Waals surface area contributed by atoms with E-state index >= 15 is 0 Å². The van der Waals surface area contributed by atoms with Crippen LogP contribution < -0.4 is 9.46 Å². The van der Waals surface area contributed by atoms with E-state index in [0.29, 0.717) is 18.3 Å². The van der Waals surface area contributed by atoms with Gasteiger partial charge in [-0.05, 0) is 54.3 Å². The van der Waals surface area contributed by atoms with Crippen molar-refractivity contribution in [3.63, 3.8) is 0 Å². The van der Waals surface area contributed by atoms with Crippen LogP contribution in [0.3, 0.4) is 0 Å². The molecule has 7 heteroatoms. The fourth-order valence-corrected chi connectivity index (χ4v) is 3.40. The second kappa shape index (κ2) is 8.48. The number of nitrogens with zero attached hydrogens (tertiary/aromatic N) is 1. The molecule has 2 aromatic rings. The van der Waals surface area contributed by atoms with Gasteiger partial charge in [0.15, 0.2) is 0 Å². The first-order valence-electron chi connectivity index (χ1n) is 9.03. The number of amides is 1. The van der Waals surface area contributed by atoms with Gasteiger partial charge in [-0.2, -0.15) is 0 Å². The normalized spacial score (nSPS) is 14.1. The molecular formula is C21H24N2O4S. The Bertz CT molecular complexity index is 947. The minimum Gasteiger partial charge on any atom is -0.497 e. The lowest BCUT2D eigenvalue weighted by Gasteiger charge is -2.21. The van der Waals surface area contributed by atoms with Gasteiger partial charge >= 0.3 is 0 Å². The van der Waals surface area contributed by atoms with Gasteiger partial charge in [0.2, 0.25) is 15.9 Å². The number of hydrogen-bond donors (Lipinski definition) is 1. The zero-order valence-electron chi connectivity index (χ0n) is 16.0. The summed E-state index contributed by atoms with van der Waals surface area (Å²) in [5.74, 6) is 0.762. The van der Waals surface area contributed by atoms with Gasteiger partial charge in [0, 0.05) is 24.4 Å². The molecule has 0 radical (unpaired) electrons. The summed E-state index contributed by atoms with van der Waals surface area (Å²) in [4.78, 5) is 14.6. The minimum absolute atomic E-state index is 0.0309. The lowest BCUT2D eigenvalue weighted by molar-refractivity contribution is -0.127. The van der Waals surface area contributed by atoms with Gasteiger partial charge in [0.1, 0.15) is 5.75 Å². The van der Waals surface area contributed by atoms with E-state index in [4.69, 9.17) is 4.74 Å². The van der Waals surface area contributed by atoms with Crippen LogP contribution in [0.25, 0.3) is 6.08 Å². The minimum atomic E-state index is -3.30. The van der Waals surface area contributed by atoms with E-state index in [1.807, 2.05) is 29.2 Å². The first kappa shape index (κ1) is 19.9. The van der Waals surface area contributed by atoms with Crippen LogP contribution >= 0.6 is 0 Å². The maximum atomic E-state index is 12.7. The van der Waals surface area contributed by atoms with Crippen LogP contribution in [0.2, 0.25) is 0 Å². The number of nitrogens with one attached hydrogen (secondary N) is 1. The van der Waals surface area contributed by atoms with E-state index in [1.165, 1.54) is 0 Å². The number of ether oxygens (including phenoxy) is 1. The van der Waals surface area contributed by atoms with E-state index in [2.05, 4.69) is 4.72 Å². The molecule has 1 N–H and O–H groups in total. The Morgan fingerprint density at radius 1 is 1.14 bits per heavy atom. The molecule has 0 aliphatic heterocycles. The van der Waals surface area contributed by atoms with Gasteiger partial charge in [-0.25, -0.2) is 8.42 Å². The largest absolute Gasteiger partial charge is 0.497 e. The predicted molar refractivity (Wildman–Crippen MR) is 111 cm³/mol. The van der Waals surface area contributed by atoms with Crippen molar-refractivity contribution in [1.82, 2.24) is 4.90 Å². The molecule has 148 valence electrons. The fraction of sp³-hybridized carbons (Fsp3) is 0.286. The number of methoxy groups -OCH3 is 1. The average molecular weight is 401 g/mol. The molecule has 0 aromatic heterocycles. The van der Waals surface area contributed by atoms with Crippen molar-refractivity contribution < 1.29 is 17.9 Å². The van der Waals surface area contributed by atoms with Crippen LogP contribution in [0.5, 0.6) is 5.75 Å². The molecule has 0 spiro atoms. The summed E-state index contributed by atoms with van der Waals surface area (Å²) in [6.45, 7) is 0.565. The first-order chi connectivity index (χ1) is 13.3. The highest BCUT2D eigenvalue weighted by Gasteiger charge is 2.31. The summed E-state index contributed by atoms with van der Waals surface area (Å²) in [5, 5.41) is 0. The third kappa shape index (κ3) is 5.85. The van der Waals surface area contributed by atoms with E-state index in [-0.39, 0.29) is 5.91 Å². The Morgan fingerprint density at radius 3 is 2.32 bits per heavy atom.